The van der Waals surface area contributed by atoms with E-state index in [0.717, 1.165) is 13.0 Å². The lowest BCUT2D eigenvalue weighted by Gasteiger charge is -2.13. The Balaban J connectivity index is 2.30. The van der Waals surface area contributed by atoms with Gasteiger partial charge in [-0.2, -0.15) is 5.10 Å². The summed E-state index contributed by atoms with van der Waals surface area (Å²) in [5.41, 5.74) is 0.305. The second kappa shape index (κ2) is 3.08. The van der Waals surface area contributed by atoms with Crippen LogP contribution in [0.25, 0.3) is 0 Å². The van der Waals surface area contributed by atoms with Crippen LogP contribution >= 0.6 is 0 Å². The molecule has 0 spiro atoms. The molecule has 0 unspecified atom stereocenters. The number of hydrogen-bond donors (Lipinski definition) is 0. The molecule has 1 aromatic heterocycles. The number of nitrogens with zero attached hydrogens (tertiary/aromatic N) is 2. The average molecular weight is 182 g/mol. The van der Waals surface area contributed by atoms with Crippen LogP contribution in [0.3, 0.4) is 0 Å². The highest BCUT2D eigenvalue weighted by Gasteiger charge is 2.17. The van der Waals surface area contributed by atoms with Gasteiger partial charge in [0.2, 0.25) is 5.88 Å². The number of methoxy groups -OCH3 is 1. The van der Waals surface area contributed by atoms with Gasteiger partial charge in [0.05, 0.1) is 13.7 Å². The Bertz CT molecular complexity index is 309. The SMILES string of the molecule is COC(=O)c1cc2n(n1)CCCO2. The molecule has 1 aliphatic rings. The van der Waals surface area contributed by atoms with Crippen LogP contribution in [-0.4, -0.2) is 29.5 Å². The van der Waals surface area contributed by atoms with E-state index in [0.29, 0.717) is 18.2 Å². The lowest BCUT2D eigenvalue weighted by molar-refractivity contribution is 0.0593. The first-order valence-corrected chi connectivity index (χ1v) is 4.10. The molecule has 0 saturated carbocycles. The number of ether oxygens (including phenoxy) is 2. The van der Waals surface area contributed by atoms with Crippen LogP contribution in [-0.2, 0) is 11.3 Å². The highest BCUT2D eigenvalue weighted by atomic mass is 16.5. The van der Waals surface area contributed by atoms with Crippen molar-refractivity contribution in [2.24, 2.45) is 0 Å². The zero-order valence-corrected chi connectivity index (χ0v) is 7.32. The molecule has 70 valence electrons. The average Bonchev–Trinajstić information content (AvgIpc) is 2.59. The summed E-state index contributed by atoms with van der Waals surface area (Å²) < 4.78 is 11.5. The molecule has 0 fully saturated rings. The fraction of sp³-hybridized carbons (Fsp3) is 0.500. The standard InChI is InChI=1S/C8H10N2O3/c1-12-8(11)6-5-7-10(9-6)3-2-4-13-7/h5H,2-4H2,1H3. The molecule has 1 aliphatic heterocycles. The first-order valence-electron chi connectivity index (χ1n) is 4.10. The monoisotopic (exact) mass is 182 g/mol. The van der Waals surface area contributed by atoms with E-state index in [4.69, 9.17) is 4.74 Å². The molecule has 0 aliphatic carbocycles. The maximum absolute atomic E-state index is 11.1. The van der Waals surface area contributed by atoms with Crippen molar-refractivity contribution in [2.45, 2.75) is 13.0 Å². The van der Waals surface area contributed by atoms with Crippen molar-refractivity contribution in [3.05, 3.63) is 11.8 Å². The third-order valence-corrected chi connectivity index (χ3v) is 1.90. The smallest absolute Gasteiger partial charge is 0.358 e. The van der Waals surface area contributed by atoms with Gasteiger partial charge in [-0.3, -0.25) is 0 Å². The Morgan fingerprint density at radius 2 is 2.62 bits per heavy atom. The Morgan fingerprint density at radius 1 is 1.77 bits per heavy atom. The van der Waals surface area contributed by atoms with Gasteiger partial charge in [0.25, 0.3) is 0 Å². The number of carbonyl (C=O) groups excluding carboxylic acids is 1. The van der Waals surface area contributed by atoms with Crippen LogP contribution in [0.4, 0.5) is 0 Å². The number of rotatable bonds is 1. The summed E-state index contributed by atoms with van der Waals surface area (Å²) in [4.78, 5) is 11.1. The summed E-state index contributed by atoms with van der Waals surface area (Å²) in [5, 5.41) is 4.04. The molecule has 0 bridgehead atoms. The highest BCUT2D eigenvalue weighted by Crippen LogP contribution is 2.18. The van der Waals surface area contributed by atoms with Crippen molar-refractivity contribution in [1.82, 2.24) is 9.78 Å². The predicted molar refractivity (Wildman–Crippen MR) is 43.7 cm³/mol. The van der Waals surface area contributed by atoms with E-state index in [1.165, 1.54) is 7.11 Å². The van der Waals surface area contributed by atoms with Crippen molar-refractivity contribution in [1.29, 1.82) is 0 Å². The minimum absolute atomic E-state index is 0.305. The van der Waals surface area contributed by atoms with Crippen LogP contribution in [0, 0.1) is 0 Å². The summed E-state index contributed by atoms with van der Waals surface area (Å²) in [7, 11) is 1.33. The molecule has 0 N–H and O–H groups in total. The molecule has 0 saturated heterocycles. The zero-order valence-electron chi connectivity index (χ0n) is 7.32. The molecule has 0 aromatic carbocycles. The van der Waals surface area contributed by atoms with Crippen molar-refractivity contribution in [3.63, 3.8) is 0 Å². The molecule has 5 nitrogen and oxygen atoms in total. The van der Waals surface area contributed by atoms with Crippen LogP contribution in [0.15, 0.2) is 6.07 Å². The molecule has 0 radical (unpaired) electrons. The largest absolute Gasteiger partial charge is 0.478 e. The van der Waals surface area contributed by atoms with Gasteiger partial charge >= 0.3 is 5.97 Å². The number of fused-ring (bicyclic) bond motifs is 1. The zero-order chi connectivity index (χ0) is 9.26. The Morgan fingerprint density at radius 3 is 3.31 bits per heavy atom. The van der Waals surface area contributed by atoms with Crippen molar-refractivity contribution in [3.8, 4) is 5.88 Å². The summed E-state index contributed by atoms with van der Waals surface area (Å²) in [6, 6.07) is 1.60. The van der Waals surface area contributed by atoms with Crippen LogP contribution in [0.2, 0.25) is 0 Å². The molecule has 2 heterocycles. The second-order valence-corrected chi connectivity index (χ2v) is 2.78. The van der Waals surface area contributed by atoms with E-state index in [9.17, 15) is 4.79 Å². The van der Waals surface area contributed by atoms with Gasteiger partial charge in [0.15, 0.2) is 5.69 Å². The maximum atomic E-state index is 11.1. The molecular formula is C8H10N2O3. The number of aromatic nitrogens is 2. The number of esters is 1. The molecular weight excluding hydrogens is 172 g/mol. The molecule has 5 heteroatoms. The molecule has 2 rings (SSSR count). The van der Waals surface area contributed by atoms with E-state index in [1.54, 1.807) is 10.7 Å². The first-order chi connectivity index (χ1) is 6.31. The van der Waals surface area contributed by atoms with Crippen LogP contribution in [0.1, 0.15) is 16.9 Å². The van der Waals surface area contributed by atoms with Crippen molar-refractivity contribution >= 4 is 5.97 Å². The van der Waals surface area contributed by atoms with Crippen LogP contribution in [0.5, 0.6) is 5.88 Å². The van der Waals surface area contributed by atoms with Crippen LogP contribution < -0.4 is 4.74 Å². The van der Waals surface area contributed by atoms with Crippen molar-refractivity contribution in [2.75, 3.05) is 13.7 Å². The Hall–Kier alpha value is -1.52. The number of aryl methyl sites for hydroxylation is 1. The first kappa shape index (κ1) is 8.10. The minimum atomic E-state index is -0.425. The van der Waals surface area contributed by atoms with E-state index < -0.39 is 5.97 Å². The van der Waals surface area contributed by atoms with Gasteiger partial charge in [0, 0.05) is 19.0 Å². The molecule has 0 atom stereocenters. The van der Waals surface area contributed by atoms with E-state index in [1.807, 2.05) is 0 Å². The second-order valence-electron chi connectivity index (χ2n) is 2.78. The normalized spacial score (nSPS) is 14.5. The summed E-state index contributed by atoms with van der Waals surface area (Å²) in [6.45, 7) is 1.48. The minimum Gasteiger partial charge on any atom is -0.478 e. The van der Waals surface area contributed by atoms with E-state index >= 15 is 0 Å². The van der Waals surface area contributed by atoms with Gasteiger partial charge in [-0.25, -0.2) is 9.48 Å². The Labute approximate surface area is 75.2 Å². The molecule has 1 aromatic rings. The highest BCUT2D eigenvalue weighted by molar-refractivity contribution is 5.87. The van der Waals surface area contributed by atoms with Crippen molar-refractivity contribution < 1.29 is 14.3 Å². The molecule has 13 heavy (non-hydrogen) atoms. The number of carbonyl (C=O) groups is 1. The van der Waals surface area contributed by atoms with E-state index in [-0.39, 0.29) is 0 Å². The topological polar surface area (TPSA) is 53.4 Å². The predicted octanol–water partition coefficient (Wildman–Crippen LogP) is 0.452. The lowest BCUT2D eigenvalue weighted by Crippen LogP contribution is -2.14. The summed E-state index contributed by atoms with van der Waals surface area (Å²) in [6.07, 6.45) is 0.926. The summed E-state index contributed by atoms with van der Waals surface area (Å²) in [5.74, 6) is 0.220. The molecule has 0 amide bonds. The van der Waals surface area contributed by atoms with Gasteiger partial charge in [-0.05, 0) is 0 Å². The van der Waals surface area contributed by atoms with E-state index in [2.05, 4.69) is 9.84 Å². The fourth-order valence-corrected chi connectivity index (χ4v) is 1.27. The third kappa shape index (κ3) is 1.37. The fourth-order valence-electron chi connectivity index (χ4n) is 1.27. The summed E-state index contributed by atoms with van der Waals surface area (Å²) >= 11 is 0. The Kier molecular flexibility index (Phi) is 1.92. The lowest BCUT2D eigenvalue weighted by atomic mass is 10.4. The maximum Gasteiger partial charge on any atom is 0.358 e. The van der Waals surface area contributed by atoms with Gasteiger partial charge in [0.1, 0.15) is 0 Å². The van der Waals surface area contributed by atoms with Gasteiger partial charge < -0.3 is 9.47 Å². The quantitative estimate of drug-likeness (QED) is 0.592. The number of hydrogen-bond acceptors (Lipinski definition) is 4. The van der Waals surface area contributed by atoms with Gasteiger partial charge in [-0.1, -0.05) is 0 Å². The third-order valence-electron chi connectivity index (χ3n) is 1.90. The van der Waals surface area contributed by atoms with Gasteiger partial charge in [-0.15, -0.1) is 0 Å².